The molecule has 0 saturated carbocycles. The highest BCUT2D eigenvalue weighted by Crippen LogP contribution is 2.33. The molecule has 0 spiro atoms. The molecule has 0 aliphatic rings. The number of furan rings is 1. The number of para-hydroxylation sites is 1. The van der Waals surface area contributed by atoms with Gasteiger partial charge in [0.2, 0.25) is 0 Å². The SMILES string of the molecule is COc1cccc2cc(-c3nnc(NC(=O)c4ccc([N+](=O)[O-])s4)o3)oc12. The molecule has 0 fully saturated rings. The number of thiophene rings is 1. The minimum Gasteiger partial charge on any atom is -0.493 e. The largest absolute Gasteiger partial charge is 0.493 e. The van der Waals surface area contributed by atoms with E-state index in [1.807, 2.05) is 12.1 Å². The van der Waals surface area contributed by atoms with Gasteiger partial charge in [0.1, 0.15) is 0 Å². The quantitative estimate of drug-likeness (QED) is 0.405. The summed E-state index contributed by atoms with van der Waals surface area (Å²) in [5, 5.41) is 21.3. The maximum atomic E-state index is 12.1. The van der Waals surface area contributed by atoms with E-state index >= 15 is 0 Å². The average molecular weight is 386 g/mol. The predicted molar refractivity (Wildman–Crippen MR) is 95.0 cm³/mol. The molecule has 0 atom stereocenters. The Labute approximate surface area is 154 Å². The van der Waals surface area contributed by atoms with Crippen molar-refractivity contribution >= 4 is 39.2 Å². The smallest absolute Gasteiger partial charge is 0.324 e. The number of fused-ring (bicyclic) bond motifs is 1. The van der Waals surface area contributed by atoms with Gasteiger partial charge in [-0.2, -0.15) is 0 Å². The van der Waals surface area contributed by atoms with Crippen LogP contribution < -0.4 is 10.1 Å². The Balaban J connectivity index is 1.56. The molecule has 3 heterocycles. The molecule has 0 radical (unpaired) electrons. The number of rotatable bonds is 5. The van der Waals surface area contributed by atoms with Gasteiger partial charge in [0.05, 0.1) is 16.9 Å². The van der Waals surface area contributed by atoms with E-state index in [1.165, 1.54) is 19.2 Å². The van der Waals surface area contributed by atoms with Gasteiger partial charge in [0.15, 0.2) is 17.1 Å². The standard InChI is InChI=1S/C16H10N4O6S/c1-24-9-4-2-3-8-7-10(25-13(8)9)15-18-19-16(26-15)17-14(21)11-5-6-12(27-11)20(22)23/h2-7H,1H3,(H,17,19,21). The van der Waals surface area contributed by atoms with Gasteiger partial charge < -0.3 is 13.6 Å². The van der Waals surface area contributed by atoms with Gasteiger partial charge in [-0.3, -0.25) is 20.2 Å². The fourth-order valence-corrected chi connectivity index (χ4v) is 3.10. The molecule has 0 aliphatic carbocycles. The molecule has 10 nitrogen and oxygen atoms in total. The van der Waals surface area contributed by atoms with E-state index in [2.05, 4.69) is 15.5 Å². The number of nitrogens with zero attached hydrogens (tertiary/aromatic N) is 3. The number of nitro groups is 1. The molecular formula is C16H10N4O6S. The zero-order valence-corrected chi connectivity index (χ0v) is 14.5. The maximum absolute atomic E-state index is 12.1. The van der Waals surface area contributed by atoms with Crippen molar-refractivity contribution in [1.82, 2.24) is 10.2 Å². The topological polar surface area (TPSA) is 134 Å². The lowest BCUT2D eigenvalue weighted by molar-refractivity contribution is -0.380. The van der Waals surface area contributed by atoms with Crippen molar-refractivity contribution in [2.45, 2.75) is 0 Å². The van der Waals surface area contributed by atoms with Crippen LogP contribution in [-0.2, 0) is 0 Å². The molecule has 3 aromatic heterocycles. The van der Waals surface area contributed by atoms with Gasteiger partial charge in [-0.25, -0.2) is 0 Å². The van der Waals surface area contributed by atoms with Gasteiger partial charge in [-0.05, 0) is 18.2 Å². The monoisotopic (exact) mass is 386 g/mol. The number of hydrogen-bond acceptors (Lipinski definition) is 9. The zero-order valence-electron chi connectivity index (χ0n) is 13.7. The van der Waals surface area contributed by atoms with Crippen LogP contribution in [0.25, 0.3) is 22.6 Å². The number of amides is 1. The van der Waals surface area contributed by atoms with E-state index in [0.29, 0.717) is 17.1 Å². The third kappa shape index (κ3) is 3.11. The Bertz CT molecular complexity index is 1160. The predicted octanol–water partition coefficient (Wildman–Crippen LogP) is 3.71. The van der Waals surface area contributed by atoms with Gasteiger partial charge >= 0.3 is 11.0 Å². The van der Waals surface area contributed by atoms with Crippen LogP contribution in [-0.4, -0.2) is 28.1 Å². The van der Waals surface area contributed by atoms with Crippen molar-refractivity contribution in [3.05, 3.63) is 51.4 Å². The second-order valence-corrected chi connectivity index (χ2v) is 6.31. The van der Waals surface area contributed by atoms with Crippen molar-refractivity contribution < 1.29 is 23.3 Å². The molecule has 1 amide bonds. The van der Waals surface area contributed by atoms with E-state index in [1.54, 1.807) is 12.1 Å². The number of nitrogens with one attached hydrogen (secondary N) is 1. The first-order valence-corrected chi connectivity index (χ1v) is 8.33. The summed E-state index contributed by atoms with van der Waals surface area (Å²) >= 11 is 0.745. The van der Waals surface area contributed by atoms with Crippen LogP contribution in [0.2, 0.25) is 0 Å². The lowest BCUT2D eigenvalue weighted by Gasteiger charge is -1.98. The number of anilines is 1. The molecule has 27 heavy (non-hydrogen) atoms. The second-order valence-electron chi connectivity index (χ2n) is 5.25. The molecule has 0 bridgehead atoms. The molecule has 11 heteroatoms. The number of hydrogen-bond donors (Lipinski definition) is 1. The van der Waals surface area contributed by atoms with Gasteiger partial charge in [0.25, 0.3) is 11.8 Å². The van der Waals surface area contributed by atoms with Crippen molar-refractivity contribution in [1.29, 1.82) is 0 Å². The average Bonchev–Trinajstić information content (AvgIpc) is 3.39. The summed E-state index contributed by atoms with van der Waals surface area (Å²) in [7, 11) is 1.53. The fourth-order valence-electron chi connectivity index (χ4n) is 2.38. The van der Waals surface area contributed by atoms with E-state index in [4.69, 9.17) is 13.6 Å². The van der Waals surface area contributed by atoms with Crippen molar-refractivity contribution in [2.75, 3.05) is 12.4 Å². The summed E-state index contributed by atoms with van der Waals surface area (Å²) in [5.74, 6) is 0.357. The molecule has 0 saturated heterocycles. The highest BCUT2D eigenvalue weighted by Gasteiger charge is 2.19. The summed E-state index contributed by atoms with van der Waals surface area (Å²) in [6, 6.07) is 9.57. The lowest BCUT2D eigenvalue weighted by Crippen LogP contribution is -2.10. The molecular weight excluding hydrogens is 376 g/mol. The third-order valence-corrected chi connectivity index (χ3v) is 4.62. The van der Waals surface area contributed by atoms with E-state index in [-0.39, 0.29) is 21.8 Å². The Kier molecular flexibility index (Phi) is 4.05. The number of benzene rings is 1. The van der Waals surface area contributed by atoms with E-state index < -0.39 is 10.8 Å². The first-order chi connectivity index (χ1) is 13.0. The maximum Gasteiger partial charge on any atom is 0.324 e. The summed E-state index contributed by atoms with van der Waals surface area (Å²) in [5.41, 5.74) is 0.532. The van der Waals surface area contributed by atoms with Gasteiger partial charge in [-0.15, -0.1) is 5.10 Å². The van der Waals surface area contributed by atoms with E-state index in [9.17, 15) is 14.9 Å². The Hall–Kier alpha value is -3.73. The normalized spacial score (nSPS) is 10.9. The minimum atomic E-state index is -0.588. The number of carbonyl (C=O) groups excluding carboxylic acids is 1. The van der Waals surface area contributed by atoms with E-state index in [0.717, 1.165) is 16.7 Å². The van der Waals surface area contributed by atoms with Crippen molar-refractivity contribution in [2.24, 2.45) is 0 Å². The van der Waals surface area contributed by atoms with Crippen molar-refractivity contribution in [3.8, 4) is 17.4 Å². The summed E-state index contributed by atoms with van der Waals surface area (Å²) in [4.78, 5) is 22.4. The van der Waals surface area contributed by atoms with Gasteiger partial charge in [-0.1, -0.05) is 28.6 Å². The van der Waals surface area contributed by atoms with Crippen LogP contribution in [0.1, 0.15) is 9.67 Å². The fraction of sp³-hybridized carbons (Fsp3) is 0.0625. The molecule has 4 aromatic rings. The van der Waals surface area contributed by atoms with Crippen LogP contribution >= 0.6 is 11.3 Å². The number of carbonyl (C=O) groups is 1. The molecule has 0 aliphatic heterocycles. The Morgan fingerprint density at radius 3 is 2.85 bits per heavy atom. The zero-order chi connectivity index (χ0) is 19.0. The first kappa shape index (κ1) is 16.7. The van der Waals surface area contributed by atoms with Crippen LogP contribution in [0.5, 0.6) is 5.75 Å². The summed E-state index contributed by atoms with van der Waals surface area (Å²) < 4.78 is 16.3. The van der Waals surface area contributed by atoms with Crippen LogP contribution in [0.4, 0.5) is 11.0 Å². The molecule has 1 N–H and O–H groups in total. The van der Waals surface area contributed by atoms with Crippen molar-refractivity contribution in [3.63, 3.8) is 0 Å². The molecule has 0 unspecified atom stereocenters. The first-order valence-electron chi connectivity index (χ1n) is 7.51. The number of methoxy groups -OCH3 is 1. The van der Waals surface area contributed by atoms with Gasteiger partial charge in [0, 0.05) is 11.5 Å². The summed E-state index contributed by atoms with van der Waals surface area (Å²) in [6.45, 7) is 0. The number of ether oxygens (including phenoxy) is 1. The number of aromatic nitrogens is 2. The van der Waals surface area contributed by atoms with Crippen LogP contribution in [0.3, 0.4) is 0 Å². The third-order valence-electron chi connectivity index (χ3n) is 3.58. The minimum absolute atomic E-state index is 0.0701. The molecule has 4 rings (SSSR count). The second kappa shape index (κ2) is 6.53. The van der Waals surface area contributed by atoms with Crippen LogP contribution in [0.15, 0.2) is 45.2 Å². The Morgan fingerprint density at radius 2 is 2.11 bits per heavy atom. The highest BCUT2D eigenvalue weighted by atomic mass is 32.1. The van der Waals surface area contributed by atoms with Crippen LogP contribution in [0, 0.1) is 10.1 Å². The molecule has 136 valence electrons. The summed E-state index contributed by atoms with van der Waals surface area (Å²) in [6.07, 6.45) is 0. The Morgan fingerprint density at radius 1 is 1.26 bits per heavy atom. The highest BCUT2D eigenvalue weighted by molar-refractivity contribution is 7.17. The molecule has 1 aromatic carbocycles. The lowest BCUT2D eigenvalue weighted by atomic mass is 10.2.